The minimum absolute atomic E-state index is 0.111. The number of sulfonamides is 1. The van der Waals surface area contributed by atoms with Crippen molar-refractivity contribution in [3.8, 4) is 17.2 Å². The second-order valence-corrected chi connectivity index (χ2v) is 9.43. The van der Waals surface area contributed by atoms with Crippen LogP contribution in [-0.4, -0.2) is 57.7 Å². The molecule has 0 amide bonds. The summed E-state index contributed by atoms with van der Waals surface area (Å²) in [6.45, 7) is 4.87. The molecule has 0 spiro atoms. The summed E-state index contributed by atoms with van der Waals surface area (Å²) < 4.78 is 43.9. The van der Waals surface area contributed by atoms with Crippen LogP contribution < -0.4 is 14.2 Å². The van der Waals surface area contributed by atoms with Crippen LogP contribution in [0.2, 0.25) is 5.02 Å². The Morgan fingerprint density at radius 2 is 1.79 bits per heavy atom. The van der Waals surface area contributed by atoms with E-state index in [1.807, 2.05) is 25.1 Å². The summed E-state index contributed by atoms with van der Waals surface area (Å²) in [4.78, 5) is 2.34. The van der Waals surface area contributed by atoms with Gasteiger partial charge in [-0.05, 0) is 42.3 Å². The second kappa shape index (κ2) is 8.02. The van der Waals surface area contributed by atoms with Gasteiger partial charge in [-0.1, -0.05) is 17.7 Å². The van der Waals surface area contributed by atoms with Crippen LogP contribution in [0.25, 0.3) is 0 Å². The van der Waals surface area contributed by atoms with Crippen molar-refractivity contribution in [2.24, 2.45) is 0 Å². The summed E-state index contributed by atoms with van der Waals surface area (Å²) >= 11 is 6.18. The molecule has 29 heavy (non-hydrogen) atoms. The number of nitrogens with zero attached hydrogens (tertiary/aromatic N) is 2. The molecule has 7 nitrogen and oxygen atoms in total. The van der Waals surface area contributed by atoms with Crippen LogP contribution >= 0.6 is 11.6 Å². The average Bonchev–Trinajstić information content (AvgIpc) is 3.18. The van der Waals surface area contributed by atoms with Gasteiger partial charge in [0.25, 0.3) is 0 Å². The maximum absolute atomic E-state index is 13.2. The number of piperazine rings is 1. The zero-order valence-corrected chi connectivity index (χ0v) is 17.9. The summed E-state index contributed by atoms with van der Waals surface area (Å²) in [6.07, 6.45) is 0. The summed E-state index contributed by atoms with van der Waals surface area (Å²) in [5, 5.41) is 0.408. The molecule has 2 aliphatic heterocycles. The number of ether oxygens (including phenoxy) is 3. The summed E-state index contributed by atoms with van der Waals surface area (Å²) in [5.74, 6) is 1.83. The number of methoxy groups -OCH3 is 1. The SMILES string of the molecule is COc1cc(C)c(Cl)cc1S(=O)(=O)N1CCN(Cc2ccc3c(c2)OCO3)CC1. The molecule has 0 saturated carbocycles. The fraction of sp³-hybridized carbons (Fsp3) is 0.400. The maximum atomic E-state index is 13.2. The predicted octanol–water partition coefficient (Wildman–Crippen LogP) is 2.89. The lowest BCUT2D eigenvalue weighted by Crippen LogP contribution is -2.48. The molecule has 2 aromatic rings. The molecule has 0 atom stereocenters. The Morgan fingerprint density at radius 3 is 2.52 bits per heavy atom. The van der Waals surface area contributed by atoms with Gasteiger partial charge in [0.15, 0.2) is 11.5 Å². The first kappa shape index (κ1) is 20.3. The zero-order valence-electron chi connectivity index (χ0n) is 16.4. The van der Waals surface area contributed by atoms with Gasteiger partial charge in [0.1, 0.15) is 10.6 Å². The Balaban J connectivity index is 1.44. The van der Waals surface area contributed by atoms with E-state index in [2.05, 4.69) is 4.90 Å². The van der Waals surface area contributed by atoms with E-state index in [9.17, 15) is 8.42 Å². The van der Waals surface area contributed by atoms with Gasteiger partial charge < -0.3 is 14.2 Å². The number of fused-ring (bicyclic) bond motifs is 1. The third-order valence-electron chi connectivity index (χ3n) is 5.24. The van der Waals surface area contributed by atoms with Crippen molar-refractivity contribution in [2.45, 2.75) is 18.4 Å². The third kappa shape index (κ3) is 4.02. The van der Waals surface area contributed by atoms with Gasteiger partial charge in [0.05, 0.1) is 7.11 Å². The van der Waals surface area contributed by atoms with E-state index >= 15 is 0 Å². The first-order valence-corrected chi connectivity index (χ1v) is 11.2. The van der Waals surface area contributed by atoms with Crippen molar-refractivity contribution in [3.63, 3.8) is 0 Å². The topological polar surface area (TPSA) is 68.3 Å². The van der Waals surface area contributed by atoms with Crippen LogP contribution in [-0.2, 0) is 16.6 Å². The van der Waals surface area contributed by atoms with Crippen molar-refractivity contribution in [2.75, 3.05) is 40.1 Å². The zero-order chi connectivity index (χ0) is 20.6. The average molecular weight is 439 g/mol. The molecule has 0 aliphatic carbocycles. The van der Waals surface area contributed by atoms with Crippen LogP contribution in [0.15, 0.2) is 35.2 Å². The largest absolute Gasteiger partial charge is 0.495 e. The summed E-state index contributed by atoms with van der Waals surface area (Å²) in [6, 6.07) is 9.03. The molecule has 156 valence electrons. The molecular formula is C20H23ClN2O5S. The van der Waals surface area contributed by atoms with Crippen LogP contribution in [0.4, 0.5) is 0 Å². The minimum Gasteiger partial charge on any atom is -0.495 e. The van der Waals surface area contributed by atoms with E-state index in [1.54, 1.807) is 6.07 Å². The van der Waals surface area contributed by atoms with E-state index in [-0.39, 0.29) is 11.7 Å². The Bertz CT molecular complexity index is 1020. The lowest BCUT2D eigenvalue weighted by Gasteiger charge is -2.34. The standard InChI is InChI=1S/C20H23ClN2O5S/c1-14-9-19(26-2)20(11-16(14)21)29(24,25)23-7-5-22(6-8-23)12-15-3-4-17-18(10-15)28-13-27-17/h3-4,9-11H,5-8,12-13H2,1-2H3. The van der Waals surface area contributed by atoms with Crippen molar-refractivity contribution < 1.29 is 22.6 Å². The first-order valence-electron chi connectivity index (χ1n) is 9.33. The molecule has 0 N–H and O–H groups in total. The van der Waals surface area contributed by atoms with E-state index in [4.69, 9.17) is 25.8 Å². The summed E-state index contributed by atoms with van der Waals surface area (Å²) in [7, 11) is -2.22. The molecule has 2 heterocycles. The molecule has 1 fully saturated rings. The molecule has 1 saturated heterocycles. The van der Waals surface area contributed by atoms with Crippen molar-refractivity contribution in [1.29, 1.82) is 0 Å². The Kier molecular flexibility index (Phi) is 5.61. The molecule has 0 unspecified atom stereocenters. The van der Waals surface area contributed by atoms with Gasteiger partial charge >= 0.3 is 0 Å². The molecule has 0 aromatic heterocycles. The highest BCUT2D eigenvalue weighted by molar-refractivity contribution is 7.89. The van der Waals surface area contributed by atoms with Crippen molar-refractivity contribution in [3.05, 3.63) is 46.5 Å². The minimum atomic E-state index is -3.69. The molecule has 2 aromatic carbocycles. The number of benzene rings is 2. The van der Waals surface area contributed by atoms with Crippen LogP contribution in [0.3, 0.4) is 0 Å². The predicted molar refractivity (Wildman–Crippen MR) is 109 cm³/mol. The van der Waals surface area contributed by atoms with Crippen molar-refractivity contribution in [1.82, 2.24) is 9.21 Å². The van der Waals surface area contributed by atoms with E-state index in [0.29, 0.717) is 37.0 Å². The van der Waals surface area contributed by atoms with E-state index < -0.39 is 10.0 Å². The Hall–Kier alpha value is -2.00. The van der Waals surface area contributed by atoms with Crippen LogP contribution in [0, 0.1) is 6.92 Å². The molecule has 2 aliphatic rings. The van der Waals surface area contributed by atoms with Gasteiger partial charge in [-0.3, -0.25) is 4.90 Å². The quantitative estimate of drug-likeness (QED) is 0.715. The Labute approximate surface area is 175 Å². The van der Waals surface area contributed by atoms with Gasteiger partial charge in [-0.25, -0.2) is 8.42 Å². The van der Waals surface area contributed by atoms with E-state index in [1.165, 1.54) is 17.5 Å². The number of aryl methyl sites for hydroxylation is 1. The molecule has 0 bridgehead atoms. The van der Waals surface area contributed by atoms with Gasteiger partial charge in [0.2, 0.25) is 16.8 Å². The molecule has 9 heteroatoms. The maximum Gasteiger partial charge on any atom is 0.246 e. The number of hydrogen-bond donors (Lipinski definition) is 0. The van der Waals surface area contributed by atoms with Gasteiger partial charge in [-0.2, -0.15) is 4.31 Å². The molecular weight excluding hydrogens is 416 g/mol. The molecule has 4 rings (SSSR count). The monoisotopic (exact) mass is 438 g/mol. The Morgan fingerprint density at radius 1 is 1.07 bits per heavy atom. The highest BCUT2D eigenvalue weighted by atomic mass is 35.5. The lowest BCUT2D eigenvalue weighted by atomic mass is 10.2. The van der Waals surface area contributed by atoms with Crippen LogP contribution in [0.1, 0.15) is 11.1 Å². The fourth-order valence-corrected chi connectivity index (χ4v) is 5.38. The lowest BCUT2D eigenvalue weighted by molar-refractivity contribution is 0.173. The number of hydrogen-bond acceptors (Lipinski definition) is 6. The van der Waals surface area contributed by atoms with E-state index in [0.717, 1.165) is 29.2 Å². The normalized spacial score (nSPS) is 17.5. The molecule has 0 radical (unpaired) electrons. The van der Waals surface area contributed by atoms with Gasteiger partial charge in [0, 0.05) is 37.7 Å². The number of rotatable bonds is 5. The van der Waals surface area contributed by atoms with Crippen LogP contribution in [0.5, 0.6) is 17.2 Å². The van der Waals surface area contributed by atoms with Gasteiger partial charge in [-0.15, -0.1) is 0 Å². The number of halogens is 1. The first-order chi connectivity index (χ1) is 13.9. The third-order valence-corrected chi connectivity index (χ3v) is 7.56. The van der Waals surface area contributed by atoms with Crippen molar-refractivity contribution >= 4 is 21.6 Å². The highest BCUT2D eigenvalue weighted by Crippen LogP contribution is 2.34. The fourth-order valence-electron chi connectivity index (χ4n) is 3.56. The smallest absolute Gasteiger partial charge is 0.246 e. The summed E-state index contributed by atoms with van der Waals surface area (Å²) in [5.41, 5.74) is 1.88. The highest BCUT2D eigenvalue weighted by Gasteiger charge is 2.31. The second-order valence-electron chi connectivity index (χ2n) is 7.12.